The van der Waals surface area contributed by atoms with Crippen LogP contribution in [0.3, 0.4) is 0 Å². The molecule has 3 N–H and O–H groups in total. The fraction of sp³-hybridized carbons (Fsp3) is 0.444. The lowest BCUT2D eigenvalue weighted by molar-refractivity contribution is -0.118. The molecule has 0 radical (unpaired) electrons. The summed E-state index contributed by atoms with van der Waals surface area (Å²) in [6.45, 7) is 0. The molecule has 4 heteroatoms. The summed E-state index contributed by atoms with van der Waals surface area (Å²) < 4.78 is 0. The first-order valence-corrected chi connectivity index (χ1v) is 5.21. The van der Waals surface area contributed by atoms with E-state index < -0.39 is 0 Å². The number of rotatable bonds is 2. The van der Waals surface area contributed by atoms with Gasteiger partial charge in [-0.05, 0) is 6.42 Å². The Labute approximate surface area is 81.4 Å². The minimum Gasteiger partial charge on any atom is -0.370 e. The molecule has 1 aliphatic heterocycles. The molecule has 0 aromatic heterocycles. The molecule has 2 atom stereocenters. The first-order valence-electron chi connectivity index (χ1n) is 4.33. The molecule has 0 saturated carbocycles. The number of fused-ring (bicyclic) bond motifs is 1. The Kier molecular flexibility index (Phi) is 2.42. The van der Waals surface area contributed by atoms with E-state index >= 15 is 0 Å². The predicted molar refractivity (Wildman–Crippen MR) is 54.0 cm³/mol. The van der Waals surface area contributed by atoms with Crippen molar-refractivity contribution in [2.45, 2.75) is 24.3 Å². The summed E-state index contributed by atoms with van der Waals surface area (Å²) in [6, 6.07) is 0.416. The molecule has 0 bridgehead atoms. The Balaban J connectivity index is 1.98. The van der Waals surface area contributed by atoms with Crippen LogP contribution in [0, 0.1) is 0 Å². The van der Waals surface area contributed by atoms with E-state index in [4.69, 9.17) is 5.73 Å². The van der Waals surface area contributed by atoms with Crippen LogP contribution in [0.25, 0.3) is 0 Å². The average Bonchev–Trinajstić information content (AvgIpc) is 2.44. The first kappa shape index (κ1) is 8.84. The van der Waals surface area contributed by atoms with E-state index in [1.807, 2.05) is 0 Å². The number of carbonyl (C=O) groups is 1. The third-order valence-electron chi connectivity index (χ3n) is 2.16. The maximum absolute atomic E-state index is 10.7. The Hall–Kier alpha value is -0.740. The molecular weight excluding hydrogens is 184 g/mol. The molecular formula is C9H12N2OS. The van der Waals surface area contributed by atoms with Gasteiger partial charge in [0.2, 0.25) is 5.91 Å². The number of carbonyl (C=O) groups excluding carboxylic acids is 1. The van der Waals surface area contributed by atoms with Crippen LogP contribution in [0.2, 0.25) is 0 Å². The van der Waals surface area contributed by atoms with Gasteiger partial charge in [0.1, 0.15) is 0 Å². The average molecular weight is 196 g/mol. The highest BCUT2D eigenvalue weighted by molar-refractivity contribution is 8.04. The van der Waals surface area contributed by atoms with Crippen molar-refractivity contribution in [1.29, 1.82) is 0 Å². The van der Waals surface area contributed by atoms with E-state index in [-0.39, 0.29) is 11.3 Å². The second-order valence-electron chi connectivity index (χ2n) is 3.23. The lowest BCUT2D eigenvalue weighted by atomic mass is 10.1. The van der Waals surface area contributed by atoms with Gasteiger partial charge in [-0.15, -0.1) is 11.8 Å². The number of hydrogen-bond acceptors (Lipinski definition) is 3. The first-order chi connectivity index (χ1) is 6.25. The van der Waals surface area contributed by atoms with Crippen LogP contribution >= 0.6 is 11.8 Å². The molecule has 1 aliphatic carbocycles. The predicted octanol–water partition coefficient (Wildman–Crippen LogP) is 0.737. The normalized spacial score (nSPS) is 31.2. The molecule has 0 spiro atoms. The summed E-state index contributed by atoms with van der Waals surface area (Å²) in [7, 11) is 0. The van der Waals surface area contributed by atoms with E-state index in [1.165, 1.54) is 4.91 Å². The lowest BCUT2D eigenvalue weighted by Crippen LogP contribution is -2.32. The van der Waals surface area contributed by atoms with E-state index in [0.717, 1.165) is 6.42 Å². The van der Waals surface area contributed by atoms with Crippen LogP contribution in [-0.4, -0.2) is 17.3 Å². The van der Waals surface area contributed by atoms with Gasteiger partial charge in [-0.3, -0.25) is 10.1 Å². The van der Waals surface area contributed by atoms with Crippen LogP contribution in [0.1, 0.15) is 12.8 Å². The van der Waals surface area contributed by atoms with Crippen molar-refractivity contribution in [3.8, 4) is 0 Å². The summed E-state index contributed by atoms with van der Waals surface area (Å²) in [5.74, 6) is -0.239. The zero-order valence-corrected chi connectivity index (χ0v) is 8.01. The largest absolute Gasteiger partial charge is 0.370 e. The van der Waals surface area contributed by atoms with Crippen LogP contribution in [-0.2, 0) is 4.79 Å². The third kappa shape index (κ3) is 1.95. The Morgan fingerprint density at radius 3 is 3.31 bits per heavy atom. The number of nitrogens with two attached hydrogens (primary N) is 1. The van der Waals surface area contributed by atoms with Crippen molar-refractivity contribution in [2.75, 3.05) is 0 Å². The van der Waals surface area contributed by atoms with Gasteiger partial charge >= 0.3 is 0 Å². The van der Waals surface area contributed by atoms with Gasteiger partial charge in [0.25, 0.3) is 0 Å². The molecule has 70 valence electrons. The summed E-state index contributed by atoms with van der Waals surface area (Å²) in [5.41, 5.74) is 5.13. The van der Waals surface area contributed by atoms with E-state index in [9.17, 15) is 4.79 Å². The molecule has 1 fully saturated rings. The Morgan fingerprint density at radius 1 is 1.77 bits per heavy atom. The van der Waals surface area contributed by atoms with Crippen molar-refractivity contribution in [1.82, 2.24) is 5.32 Å². The van der Waals surface area contributed by atoms with E-state index in [0.29, 0.717) is 12.5 Å². The van der Waals surface area contributed by atoms with Crippen LogP contribution in [0.15, 0.2) is 23.1 Å². The number of thioether (sulfide) groups is 1. The monoisotopic (exact) mass is 196 g/mol. The molecule has 1 heterocycles. The van der Waals surface area contributed by atoms with Gasteiger partial charge in [0.15, 0.2) is 0 Å². The number of amides is 1. The SMILES string of the molecule is NC(=O)CC1NC2CC=CC=C2S1. The number of hydrogen-bond donors (Lipinski definition) is 2. The molecule has 2 rings (SSSR count). The molecule has 2 unspecified atom stereocenters. The van der Waals surface area contributed by atoms with Crippen molar-refractivity contribution in [2.24, 2.45) is 5.73 Å². The van der Waals surface area contributed by atoms with Gasteiger partial charge < -0.3 is 5.73 Å². The second-order valence-corrected chi connectivity index (χ2v) is 4.51. The minimum absolute atomic E-state index is 0.175. The highest BCUT2D eigenvalue weighted by Gasteiger charge is 2.29. The van der Waals surface area contributed by atoms with Crippen molar-refractivity contribution in [3.63, 3.8) is 0 Å². The van der Waals surface area contributed by atoms with Gasteiger partial charge in [-0.25, -0.2) is 0 Å². The van der Waals surface area contributed by atoms with Gasteiger partial charge in [0, 0.05) is 10.9 Å². The molecule has 13 heavy (non-hydrogen) atoms. The summed E-state index contributed by atoms with van der Waals surface area (Å²) >= 11 is 1.72. The Morgan fingerprint density at radius 2 is 2.62 bits per heavy atom. The van der Waals surface area contributed by atoms with Gasteiger partial charge in [-0.1, -0.05) is 18.2 Å². The molecule has 1 amide bonds. The summed E-state index contributed by atoms with van der Waals surface area (Å²) in [4.78, 5) is 12.0. The number of nitrogens with one attached hydrogen (secondary N) is 1. The van der Waals surface area contributed by atoms with E-state index in [1.54, 1.807) is 11.8 Å². The summed E-state index contributed by atoms with van der Waals surface area (Å²) in [5, 5.41) is 3.54. The molecule has 0 aromatic rings. The maximum atomic E-state index is 10.7. The van der Waals surface area contributed by atoms with Crippen molar-refractivity contribution >= 4 is 17.7 Å². The van der Waals surface area contributed by atoms with Crippen LogP contribution < -0.4 is 11.1 Å². The van der Waals surface area contributed by atoms with Crippen LogP contribution in [0.5, 0.6) is 0 Å². The standard InChI is InChI=1S/C9H12N2OS/c10-8(12)5-9-11-6-3-1-2-4-7(6)13-9/h1-2,4,6,9,11H,3,5H2,(H2,10,12). The highest BCUT2D eigenvalue weighted by Crippen LogP contribution is 2.35. The minimum atomic E-state index is -0.239. The van der Waals surface area contributed by atoms with Crippen molar-refractivity contribution < 1.29 is 4.79 Å². The smallest absolute Gasteiger partial charge is 0.219 e. The Bertz CT molecular complexity index is 285. The van der Waals surface area contributed by atoms with Crippen molar-refractivity contribution in [3.05, 3.63) is 23.1 Å². The maximum Gasteiger partial charge on any atom is 0.219 e. The number of primary amides is 1. The summed E-state index contributed by atoms with van der Waals surface area (Å²) in [6.07, 6.45) is 7.74. The number of allylic oxidation sites excluding steroid dienone is 2. The highest BCUT2D eigenvalue weighted by atomic mass is 32.2. The lowest BCUT2D eigenvalue weighted by Gasteiger charge is -2.11. The molecule has 1 saturated heterocycles. The second kappa shape index (κ2) is 3.55. The third-order valence-corrected chi connectivity index (χ3v) is 3.44. The van der Waals surface area contributed by atoms with Gasteiger partial charge in [-0.2, -0.15) is 0 Å². The van der Waals surface area contributed by atoms with Crippen LogP contribution in [0.4, 0.5) is 0 Å². The van der Waals surface area contributed by atoms with Gasteiger partial charge in [0.05, 0.1) is 11.8 Å². The quantitative estimate of drug-likeness (QED) is 0.685. The molecule has 0 aromatic carbocycles. The zero-order chi connectivity index (χ0) is 9.26. The fourth-order valence-electron chi connectivity index (χ4n) is 1.59. The zero-order valence-electron chi connectivity index (χ0n) is 7.19. The molecule has 3 nitrogen and oxygen atoms in total. The topological polar surface area (TPSA) is 55.1 Å². The fourth-order valence-corrected chi connectivity index (χ4v) is 2.88. The molecule has 2 aliphatic rings. The van der Waals surface area contributed by atoms with E-state index in [2.05, 4.69) is 23.5 Å².